The van der Waals surface area contributed by atoms with Crippen LogP contribution in [-0.4, -0.2) is 17.0 Å². The summed E-state index contributed by atoms with van der Waals surface area (Å²) in [7, 11) is 0.897. The van der Waals surface area contributed by atoms with Crippen LogP contribution in [-0.2, 0) is 21.6 Å². The molecule has 0 aromatic heterocycles. The fraction of sp³-hybridized carbons (Fsp3) is 0. The van der Waals surface area contributed by atoms with Crippen LogP contribution in [0.1, 0.15) is 0 Å². The smallest absolute Gasteiger partial charge is 0.106 e. The molecule has 0 aromatic carbocycles. The molecule has 0 aliphatic heterocycles. The molecule has 0 amide bonds. The maximum atomic E-state index is 8.00. The number of carbonyl (C=O) groups is 1. The quantitative estimate of drug-likeness (QED) is 0.307. The van der Waals surface area contributed by atoms with Crippen LogP contribution in [0.5, 0.6) is 0 Å². The predicted molar refractivity (Wildman–Crippen MR) is 25.9 cm³/mol. The summed E-state index contributed by atoms with van der Waals surface area (Å²) in [4.78, 5) is 8.00. The maximum absolute atomic E-state index is 8.00. The van der Waals surface area contributed by atoms with Crippen molar-refractivity contribution in [1.29, 1.82) is 0 Å². The predicted octanol–water partition coefficient (Wildman–Crippen LogP) is -1.24. The van der Waals surface area contributed by atoms with Crippen LogP contribution in [0.15, 0.2) is 0 Å². The summed E-state index contributed by atoms with van der Waals surface area (Å²) in [6, 6.07) is 0. The van der Waals surface area contributed by atoms with Crippen molar-refractivity contribution in [2.24, 2.45) is 0 Å². The van der Waals surface area contributed by atoms with Gasteiger partial charge in [0, 0.05) is 16.8 Å². The van der Waals surface area contributed by atoms with Crippen LogP contribution >= 0.6 is 0 Å². The normalized spacial score (nSPS) is 2.50. The Morgan fingerprint density at radius 3 is 1.67 bits per heavy atom. The van der Waals surface area contributed by atoms with Crippen molar-refractivity contribution in [3.05, 3.63) is 0 Å². The summed E-state index contributed by atoms with van der Waals surface area (Å²) < 4.78 is 0. The van der Waals surface area contributed by atoms with Crippen LogP contribution < -0.4 is 0 Å². The molecule has 0 aliphatic rings. The maximum Gasteiger partial charge on any atom is 0.106 e. The van der Waals surface area contributed by atoms with Crippen molar-refractivity contribution in [2.45, 2.75) is 0 Å². The van der Waals surface area contributed by atoms with Gasteiger partial charge in [-0.15, -0.1) is 12.0 Å². The molecule has 0 bridgehead atoms. The minimum Gasteiger partial charge on any atom is -0.307 e. The first kappa shape index (κ1) is 16.7. The van der Waals surface area contributed by atoms with Gasteiger partial charge < -0.3 is 4.79 Å². The van der Waals surface area contributed by atoms with E-state index < -0.39 is 0 Å². The van der Waals surface area contributed by atoms with E-state index in [-0.39, 0.29) is 16.8 Å². The van der Waals surface area contributed by atoms with Crippen molar-refractivity contribution in [2.75, 3.05) is 0 Å². The molecule has 0 saturated heterocycles. The first-order valence-electron chi connectivity index (χ1n) is 1.08. The van der Waals surface area contributed by atoms with Gasteiger partial charge in [-0.2, -0.15) is 0 Å². The molecule has 0 fully saturated rings. The number of carbonyl (C=O) groups excluding carboxylic acids is 1. The summed E-state index contributed by atoms with van der Waals surface area (Å²) in [5, 5.41) is 0. The number of hydrogen-bond acceptors (Lipinski definition) is 1. The fourth-order valence-electron chi connectivity index (χ4n) is 0. The molecule has 0 aliphatic carbocycles. The van der Waals surface area contributed by atoms with E-state index in [0.717, 1.165) is 10.2 Å². The van der Waals surface area contributed by atoms with E-state index in [9.17, 15) is 0 Å². The van der Waals surface area contributed by atoms with E-state index in [4.69, 9.17) is 4.79 Å². The summed E-state index contributed by atoms with van der Waals surface area (Å²) >= 11 is 0. The molecule has 0 aromatic rings. The number of terminal acetylenes is 1. The SMILES string of the molecule is C#C[SiH3].C=O.[Co]. The van der Waals surface area contributed by atoms with E-state index in [1.807, 2.05) is 6.79 Å². The Balaban J connectivity index is -0.0000000275. The zero-order chi connectivity index (χ0) is 4.71. The van der Waals surface area contributed by atoms with Gasteiger partial charge in [0.1, 0.15) is 6.79 Å². The first-order chi connectivity index (χ1) is 2.41. The molecule has 1 nitrogen and oxygen atoms in total. The Labute approximate surface area is 51.1 Å². The molecule has 0 rings (SSSR count). The van der Waals surface area contributed by atoms with Crippen molar-refractivity contribution in [1.82, 2.24) is 0 Å². The summed E-state index contributed by atoms with van der Waals surface area (Å²) in [6.07, 6.45) is 4.66. The first-order valence-corrected chi connectivity index (χ1v) is 2.08. The van der Waals surface area contributed by atoms with Gasteiger partial charge in [-0.05, 0) is 0 Å². The van der Waals surface area contributed by atoms with Crippen LogP contribution in [0.25, 0.3) is 0 Å². The molecule has 0 atom stereocenters. The molecule has 0 N–H and O–H groups in total. The Morgan fingerprint density at radius 1 is 1.67 bits per heavy atom. The van der Waals surface area contributed by atoms with Crippen molar-refractivity contribution >= 4 is 17.0 Å². The Bertz CT molecular complexity index is 40.5. The van der Waals surface area contributed by atoms with Crippen LogP contribution in [0.3, 0.4) is 0 Å². The standard InChI is InChI=1S/C2H4Si.CH2O.Co/c1-2-3;1-2;/h1H,3H3;1H2;. The zero-order valence-corrected chi connectivity index (χ0v) is 6.57. The second-order valence-electron chi connectivity index (χ2n) is 0.289. The van der Waals surface area contributed by atoms with Gasteiger partial charge in [0.05, 0.1) is 10.2 Å². The molecule has 37 valence electrons. The largest absolute Gasteiger partial charge is 0.307 e. The van der Waals surface area contributed by atoms with Gasteiger partial charge in [-0.25, -0.2) is 0 Å². The van der Waals surface area contributed by atoms with E-state index in [1.54, 1.807) is 0 Å². The van der Waals surface area contributed by atoms with Gasteiger partial charge >= 0.3 is 0 Å². The Morgan fingerprint density at radius 2 is 1.67 bits per heavy atom. The molecule has 3 heteroatoms. The van der Waals surface area contributed by atoms with Gasteiger partial charge in [-0.3, -0.25) is 0 Å². The van der Waals surface area contributed by atoms with Gasteiger partial charge in [0.15, 0.2) is 0 Å². The van der Waals surface area contributed by atoms with Crippen molar-refractivity contribution < 1.29 is 21.6 Å². The number of rotatable bonds is 0. The Hall–Kier alpha value is -0.0466. The summed E-state index contributed by atoms with van der Waals surface area (Å²) in [5.74, 6) is 0. The van der Waals surface area contributed by atoms with Crippen LogP contribution in [0.4, 0.5) is 0 Å². The molecule has 0 heterocycles. The molecular formula is C3H6CoOSi. The van der Waals surface area contributed by atoms with Crippen molar-refractivity contribution in [3.63, 3.8) is 0 Å². The minimum atomic E-state index is 0. The third-order valence-corrected chi connectivity index (χ3v) is 0. The zero-order valence-electron chi connectivity index (χ0n) is 3.53. The molecule has 0 saturated carbocycles. The average Bonchev–Trinajstić information content (AvgIpc) is 1.46. The third-order valence-electron chi connectivity index (χ3n) is 0. The monoisotopic (exact) mass is 145 g/mol. The minimum absolute atomic E-state index is 0. The van der Waals surface area contributed by atoms with Crippen LogP contribution in [0, 0.1) is 12.0 Å². The van der Waals surface area contributed by atoms with E-state index >= 15 is 0 Å². The Kier molecular flexibility index (Phi) is 238. The van der Waals surface area contributed by atoms with Gasteiger partial charge in [0.25, 0.3) is 0 Å². The van der Waals surface area contributed by atoms with Gasteiger partial charge in [-0.1, -0.05) is 0 Å². The van der Waals surface area contributed by atoms with E-state index in [1.165, 1.54) is 0 Å². The van der Waals surface area contributed by atoms with Crippen molar-refractivity contribution in [3.8, 4) is 12.0 Å². The average molecular weight is 145 g/mol. The number of hydrogen-bond donors (Lipinski definition) is 0. The van der Waals surface area contributed by atoms with E-state index in [0.29, 0.717) is 0 Å². The van der Waals surface area contributed by atoms with Gasteiger partial charge in [0.2, 0.25) is 0 Å². The molecular weight excluding hydrogens is 139 g/mol. The second kappa shape index (κ2) is 85.2. The molecule has 1 radical (unpaired) electrons. The molecule has 0 spiro atoms. The molecule has 6 heavy (non-hydrogen) atoms. The third kappa shape index (κ3) is 15900. The van der Waals surface area contributed by atoms with Crippen LogP contribution in [0.2, 0.25) is 0 Å². The summed E-state index contributed by atoms with van der Waals surface area (Å²) in [5.41, 5.74) is 2.39. The fourth-order valence-corrected chi connectivity index (χ4v) is 0. The van der Waals surface area contributed by atoms with E-state index in [2.05, 4.69) is 12.0 Å². The topological polar surface area (TPSA) is 17.1 Å². The second-order valence-corrected chi connectivity index (χ2v) is 0.866. The summed E-state index contributed by atoms with van der Waals surface area (Å²) in [6.45, 7) is 2.00. The molecule has 0 unspecified atom stereocenters.